The number of rotatable bonds is 7. The molecular formula is C14H21BrN2O2. The van der Waals surface area contributed by atoms with Crippen LogP contribution in [0.1, 0.15) is 12.5 Å². The van der Waals surface area contributed by atoms with Gasteiger partial charge in [0.25, 0.3) is 0 Å². The zero-order valence-corrected chi connectivity index (χ0v) is 13.2. The maximum Gasteiger partial charge on any atom is 0.323 e. The van der Waals surface area contributed by atoms with Crippen molar-refractivity contribution in [2.24, 2.45) is 0 Å². The molecule has 19 heavy (non-hydrogen) atoms. The summed E-state index contributed by atoms with van der Waals surface area (Å²) in [5.41, 5.74) is 0.0644. The Morgan fingerprint density at radius 2 is 1.95 bits per heavy atom. The molecule has 1 aromatic carbocycles. The highest BCUT2D eigenvalue weighted by molar-refractivity contribution is 9.10. The second-order valence-corrected chi connectivity index (χ2v) is 6.09. The van der Waals surface area contributed by atoms with Crippen LogP contribution in [0.5, 0.6) is 0 Å². The molecule has 106 valence electrons. The summed E-state index contributed by atoms with van der Waals surface area (Å²) < 4.78 is 0.994. The van der Waals surface area contributed by atoms with Crippen molar-refractivity contribution in [3.05, 3.63) is 34.3 Å². The molecule has 0 fully saturated rings. The molecule has 0 amide bonds. The van der Waals surface area contributed by atoms with Crippen LogP contribution in [0.15, 0.2) is 28.7 Å². The van der Waals surface area contributed by atoms with Gasteiger partial charge in [-0.3, -0.25) is 4.79 Å². The minimum atomic E-state index is -0.941. The molecule has 0 aromatic heterocycles. The summed E-state index contributed by atoms with van der Waals surface area (Å²) in [5, 5.41) is 12.6. The average Bonchev–Trinajstić information content (AvgIpc) is 2.31. The van der Waals surface area contributed by atoms with Gasteiger partial charge >= 0.3 is 5.97 Å². The number of hydrogen-bond acceptors (Lipinski definition) is 3. The fourth-order valence-electron chi connectivity index (χ4n) is 1.78. The highest BCUT2D eigenvalue weighted by Gasteiger charge is 2.32. The van der Waals surface area contributed by atoms with Gasteiger partial charge in [0, 0.05) is 24.0 Å². The lowest BCUT2D eigenvalue weighted by molar-refractivity contribution is -0.144. The van der Waals surface area contributed by atoms with Crippen LogP contribution in [-0.2, 0) is 11.2 Å². The van der Waals surface area contributed by atoms with Crippen molar-refractivity contribution in [1.29, 1.82) is 0 Å². The quantitative estimate of drug-likeness (QED) is 0.803. The summed E-state index contributed by atoms with van der Waals surface area (Å²) in [4.78, 5) is 13.5. The molecule has 5 heteroatoms. The van der Waals surface area contributed by atoms with Crippen LogP contribution in [0.3, 0.4) is 0 Å². The van der Waals surface area contributed by atoms with Crippen molar-refractivity contribution >= 4 is 21.9 Å². The molecule has 2 N–H and O–H groups in total. The number of carboxylic acids is 1. The van der Waals surface area contributed by atoms with E-state index in [-0.39, 0.29) is 0 Å². The first kappa shape index (κ1) is 16.1. The van der Waals surface area contributed by atoms with Crippen molar-refractivity contribution < 1.29 is 9.90 Å². The van der Waals surface area contributed by atoms with Gasteiger partial charge in [-0.05, 0) is 38.7 Å². The van der Waals surface area contributed by atoms with E-state index >= 15 is 0 Å². The number of hydrogen-bond donors (Lipinski definition) is 2. The predicted octanol–water partition coefficient (Wildman–Crippen LogP) is 1.99. The molecule has 0 aliphatic carbocycles. The molecule has 1 aromatic rings. The van der Waals surface area contributed by atoms with Crippen LogP contribution < -0.4 is 5.32 Å². The molecular weight excluding hydrogens is 308 g/mol. The van der Waals surface area contributed by atoms with Gasteiger partial charge in [-0.25, -0.2) is 0 Å². The lowest BCUT2D eigenvalue weighted by atomic mass is 9.93. The summed E-state index contributed by atoms with van der Waals surface area (Å²) in [6, 6.07) is 7.74. The highest BCUT2D eigenvalue weighted by Crippen LogP contribution is 2.16. The van der Waals surface area contributed by atoms with E-state index < -0.39 is 11.5 Å². The lowest BCUT2D eigenvalue weighted by Crippen LogP contribution is -2.52. The number of halogens is 1. The van der Waals surface area contributed by atoms with E-state index in [1.807, 2.05) is 43.3 Å². The second kappa shape index (κ2) is 7.03. The Hall–Kier alpha value is -0.910. The van der Waals surface area contributed by atoms with Gasteiger partial charge in [-0.1, -0.05) is 28.1 Å². The molecule has 0 heterocycles. The van der Waals surface area contributed by atoms with Crippen molar-refractivity contribution in [3.8, 4) is 0 Å². The van der Waals surface area contributed by atoms with Crippen LogP contribution in [0, 0.1) is 0 Å². The molecule has 0 saturated heterocycles. The van der Waals surface area contributed by atoms with Gasteiger partial charge in [-0.2, -0.15) is 0 Å². The van der Waals surface area contributed by atoms with Crippen LogP contribution in [0.4, 0.5) is 0 Å². The normalized spacial score (nSPS) is 14.4. The molecule has 0 aliphatic heterocycles. The van der Waals surface area contributed by atoms with Crippen molar-refractivity contribution in [2.75, 3.05) is 27.2 Å². The number of nitrogens with zero attached hydrogens (tertiary/aromatic N) is 1. The zero-order valence-electron chi connectivity index (χ0n) is 11.6. The second-order valence-electron chi connectivity index (χ2n) is 5.17. The minimum absolute atomic E-state index is 0.461. The summed E-state index contributed by atoms with van der Waals surface area (Å²) in [6.07, 6.45) is 0.461. The molecule has 1 unspecified atom stereocenters. The van der Waals surface area contributed by atoms with E-state index in [0.29, 0.717) is 13.0 Å². The van der Waals surface area contributed by atoms with E-state index in [4.69, 9.17) is 0 Å². The Morgan fingerprint density at radius 3 is 2.42 bits per heavy atom. The van der Waals surface area contributed by atoms with Gasteiger partial charge in [0.05, 0.1) is 0 Å². The Balaban J connectivity index is 2.70. The third-order valence-corrected chi connectivity index (χ3v) is 3.55. The molecule has 0 aliphatic rings. The summed E-state index contributed by atoms with van der Waals surface area (Å²) in [6.45, 7) is 3.18. The van der Waals surface area contributed by atoms with Crippen LogP contribution in [0.2, 0.25) is 0 Å². The first-order valence-corrected chi connectivity index (χ1v) is 7.00. The van der Waals surface area contributed by atoms with E-state index in [1.165, 1.54) is 0 Å². The first-order valence-electron chi connectivity index (χ1n) is 6.21. The molecule has 0 bridgehead atoms. The molecule has 0 saturated carbocycles. The molecule has 4 nitrogen and oxygen atoms in total. The Labute approximate surface area is 122 Å². The lowest BCUT2D eigenvalue weighted by Gasteiger charge is -2.27. The Bertz CT molecular complexity index is 420. The standard InChI is InChI=1S/C14H21BrN2O2/c1-14(13(18)19,16-8-9-17(2)3)10-11-4-6-12(15)7-5-11/h4-7,16H,8-10H2,1-3H3,(H,18,19). The van der Waals surface area contributed by atoms with Crippen LogP contribution in [-0.4, -0.2) is 48.7 Å². The largest absolute Gasteiger partial charge is 0.480 e. The molecule has 1 rings (SSSR count). The maximum atomic E-state index is 11.5. The van der Waals surface area contributed by atoms with Crippen molar-refractivity contribution in [2.45, 2.75) is 18.9 Å². The van der Waals surface area contributed by atoms with Gasteiger partial charge in [-0.15, -0.1) is 0 Å². The van der Waals surface area contributed by atoms with Crippen molar-refractivity contribution in [1.82, 2.24) is 10.2 Å². The summed E-state index contributed by atoms with van der Waals surface area (Å²) >= 11 is 3.37. The van der Waals surface area contributed by atoms with E-state index in [0.717, 1.165) is 16.6 Å². The topological polar surface area (TPSA) is 52.6 Å². The molecule has 0 radical (unpaired) electrons. The van der Waals surface area contributed by atoms with Crippen molar-refractivity contribution in [3.63, 3.8) is 0 Å². The van der Waals surface area contributed by atoms with E-state index in [9.17, 15) is 9.90 Å². The predicted molar refractivity (Wildman–Crippen MR) is 80.4 cm³/mol. The van der Waals surface area contributed by atoms with E-state index in [1.54, 1.807) is 6.92 Å². The minimum Gasteiger partial charge on any atom is -0.480 e. The number of aliphatic carboxylic acids is 1. The number of nitrogens with one attached hydrogen (secondary N) is 1. The number of benzene rings is 1. The fourth-order valence-corrected chi connectivity index (χ4v) is 2.04. The monoisotopic (exact) mass is 328 g/mol. The van der Waals surface area contributed by atoms with E-state index in [2.05, 4.69) is 21.2 Å². The third-order valence-electron chi connectivity index (χ3n) is 3.02. The van der Waals surface area contributed by atoms with Crippen LogP contribution in [0.25, 0.3) is 0 Å². The SMILES string of the molecule is CN(C)CCNC(C)(Cc1ccc(Br)cc1)C(=O)O. The Kier molecular flexibility index (Phi) is 5.97. The average molecular weight is 329 g/mol. The summed E-state index contributed by atoms with van der Waals surface area (Å²) in [5.74, 6) is -0.825. The fraction of sp³-hybridized carbons (Fsp3) is 0.500. The molecule has 1 atom stereocenters. The maximum absolute atomic E-state index is 11.5. The third kappa shape index (κ3) is 5.30. The smallest absolute Gasteiger partial charge is 0.323 e. The van der Waals surface area contributed by atoms with Crippen LogP contribution >= 0.6 is 15.9 Å². The van der Waals surface area contributed by atoms with Gasteiger partial charge in [0.2, 0.25) is 0 Å². The summed E-state index contributed by atoms with van der Waals surface area (Å²) in [7, 11) is 3.93. The van der Waals surface area contributed by atoms with Gasteiger partial charge < -0.3 is 15.3 Å². The zero-order chi connectivity index (χ0) is 14.5. The van der Waals surface area contributed by atoms with Gasteiger partial charge in [0.1, 0.15) is 5.54 Å². The number of carboxylic acid groups (broad SMARTS) is 1. The Morgan fingerprint density at radius 1 is 1.37 bits per heavy atom. The number of likely N-dealkylation sites (N-methyl/N-ethyl adjacent to an activating group) is 1. The highest BCUT2D eigenvalue weighted by atomic mass is 79.9. The molecule has 0 spiro atoms. The first-order chi connectivity index (χ1) is 8.83. The number of carbonyl (C=O) groups is 1. The van der Waals surface area contributed by atoms with Gasteiger partial charge in [0.15, 0.2) is 0 Å².